The van der Waals surface area contributed by atoms with Crippen molar-refractivity contribution in [1.29, 1.82) is 0 Å². The summed E-state index contributed by atoms with van der Waals surface area (Å²) >= 11 is 0. The highest BCUT2D eigenvalue weighted by molar-refractivity contribution is 5.62. The van der Waals surface area contributed by atoms with Gasteiger partial charge >= 0.3 is 6.36 Å². The van der Waals surface area contributed by atoms with Crippen molar-refractivity contribution >= 4 is 5.82 Å². The number of aromatic nitrogens is 3. The summed E-state index contributed by atoms with van der Waals surface area (Å²) in [6, 6.07) is 13.0. The third kappa shape index (κ3) is 5.17. The molecule has 0 saturated carbocycles. The van der Waals surface area contributed by atoms with Crippen LogP contribution in [0.2, 0.25) is 0 Å². The predicted molar refractivity (Wildman–Crippen MR) is 90.6 cm³/mol. The minimum absolute atomic E-state index is 0.274. The third-order valence-electron chi connectivity index (χ3n) is 3.46. The molecule has 0 aliphatic rings. The number of halogens is 3. The summed E-state index contributed by atoms with van der Waals surface area (Å²) in [7, 11) is 0. The van der Waals surface area contributed by atoms with Crippen LogP contribution in [-0.2, 0) is 6.42 Å². The molecular weight excluding hydrogens is 345 g/mol. The first-order valence-corrected chi connectivity index (χ1v) is 7.82. The van der Waals surface area contributed by atoms with Gasteiger partial charge in [0.2, 0.25) is 0 Å². The highest BCUT2D eigenvalue weighted by atomic mass is 19.4. The minimum Gasteiger partial charge on any atom is -0.406 e. The Hall–Kier alpha value is -3.16. The van der Waals surface area contributed by atoms with Crippen molar-refractivity contribution in [3.05, 3.63) is 66.7 Å². The summed E-state index contributed by atoms with van der Waals surface area (Å²) in [5.41, 5.74) is 2.23. The Morgan fingerprint density at radius 2 is 1.77 bits per heavy atom. The molecule has 3 aromatic rings. The molecular formula is C18H15F3N4O. The van der Waals surface area contributed by atoms with Crippen molar-refractivity contribution in [2.24, 2.45) is 0 Å². The summed E-state index contributed by atoms with van der Waals surface area (Å²) in [5, 5.41) is 3.18. The van der Waals surface area contributed by atoms with Crippen molar-refractivity contribution in [1.82, 2.24) is 15.0 Å². The Morgan fingerprint density at radius 1 is 0.962 bits per heavy atom. The van der Waals surface area contributed by atoms with Crippen LogP contribution in [0.5, 0.6) is 5.75 Å². The molecule has 0 unspecified atom stereocenters. The van der Waals surface area contributed by atoms with E-state index >= 15 is 0 Å². The Kier molecular flexibility index (Phi) is 5.31. The number of pyridine rings is 1. The lowest BCUT2D eigenvalue weighted by Gasteiger charge is -2.10. The van der Waals surface area contributed by atoms with Crippen LogP contribution in [0.3, 0.4) is 0 Å². The topological polar surface area (TPSA) is 59.9 Å². The Labute approximate surface area is 147 Å². The second-order valence-corrected chi connectivity index (χ2v) is 5.36. The van der Waals surface area contributed by atoms with Gasteiger partial charge in [-0.25, -0.2) is 9.97 Å². The molecule has 2 aromatic heterocycles. The number of alkyl halides is 3. The monoisotopic (exact) mass is 360 g/mol. The molecule has 8 heteroatoms. The molecule has 0 atom stereocenters. The van der Waals surface area contributed by atoms with E-state index in [1.165, 1.54) is 30.6 Å². The zero-order valence-electron chi connectivity index (χ0n) is 13.6. The van der Waals surface area contributed by atoms with E-state index in [9.17, 15) is 13.2 Å². The third-order valence-corrected chi connectivity index (χ3v) is 3.46. The fourth-order valence-corrected chi connectivity index (χ4v) is 2.30. The van der Waals surface area contributed by atoms with E-state index in [-0.39, 0.29) is 5.75 Å². The molecule has 26 heavy (non-hydrogen) atoms. The molecule has 5 nitrogen and oxygen atoms in total. The molecule has 0 fully saturated rings. The lowest BCUT2D eigenvalue weighted by atomic mass is 10.1. The van der Waals surface area contributed by atoms with Gasteiger partial charge in [0.25, 0.3) is 0 Å². The van der Waals surface area contributed by atoms with Gasteiger partial charge in [-0.05, 0) is 36.4 Å². The maximum absolute atomic E-state index is 12.2. The maximum atomic E-state index is 12.2. The summed E-state index contributed by atoms with van der Waals surface area (Å²) < 4.78 is 40.5. The van der Waals surface area contributed by atoms with Crippen LogP contribution in [0.15, 0.2) is 61.1 Å². The van der Waals surface area contributed by atoms with Gasteiger partial charge < -0.3 is 10.1 Å². The molecule has 1 N–H and O–H groups in total. The van der Waals surface area contributed by atoms with Gasteiger partial charge in [0.05, 0.1) is 5.69 Å². The van der Waals surface area contributed by atoms with Crippen molar-refractivity contribution in [2.75, 3.05) is 11.9 Å². The molecule has 0 bridgehead atoms. The molecule has 0 aliphatic heterocycles. The fraction of sp³-hybridized carbons (Fsp3) is 0.167. The van der Waals surface area contributed by atoms with Gasteiger partial charge in [-0.15, -0.1) is 13.2 Å². The van der Waals surface area contributed by atoms with E-state index < -0.39 is 6.36 Å². The molecule has 3 rings (SSSR count). The first-order valence-electron chi connectivity index (χ1n) is 7.82. The number of ether oxygens (including phenoxy) is 1. The van der Waals surface area contributed by atoms with Gasteiger partial charge in [0.1, 0.15) is 17.9 Å². The highest BCUT2D eigenvalue weighted by Crippen LogP contribution is 2.26. The molecule has 0 spiro atoms. The molecule has 0 amide bonds. The Bertz CT molecular complexity index is 839. The van der Waals surface area contributed by atoms with Crippen molar-refractivity contribution in [3.8, 4) is 17.0 Å². The van der Waals surface area contributed by atoms with E-state index in [2.05, 4.69) is 25.0 Å². The molecule has 1 aromatic carbocycles. The van der Waals surface area contributed by atoms with Crippen molar-refractivity contribution in [2.45, 2.75) is 12.8 Å². The molecule has 0 aliphatic carbocycles. The lowest BCUT2D eigenvalue weighted by molar-refractivity contribution is -0.274. The Balaban J connectivity index is 1.63. The van der Waals surface area contributed by atoms with Gasteiger partial charge in [0.15, 0.2) is 0 Å². The van der Waals surface area contributed by atoms with Gasteiger partial charge in [-0.1, -0.05) is 6.07 Å². The van der Waals surface area contributed by atoms with E-state index in [4.69, 9.17) is 0 Å². The minimum atomic E-state index is -4.71. The second-order valence-electron chi connectivity index (χ2n) is 5.36. The number of anilines is 1. The van der Waals surface area contributed by atoms with Crippen LogP contribution in [-0.4, -0.2) is 27.9 Å². The number of hydrogen-bond acceptors (Lipinski definition) is 5. The summed E-state index contributed by atoms with van der Waals surface area (Å²) in [4.78, 5) is 12.5. The number of rotatable bonds is 6. The average molecular weight is 360 g/mol. The van der Waals surface area contributed by atoms with Crippen LogP contribution in [0.1, 0.15) is 5.69 Å². The summed E-state index contributed by atoms with van der Waals surface area (Å²) in [6.45, 7) is 0.645. The van der Waals surface area contributed by atoms with E-state index in [1.54, 1.807) is 12.3 Å². The number of nitrogens with one attached hydrogen (secondary N) is 1. The number of hydrogen-bond donors (Lipinski definition) is 1. The van der Waals surface area contributed by atoms with E-state index in [0.29, 0.717) is 23.6 Å². The van der Waals surface area contributed by atoms with Crippen LogP contribution >= 0.6 is 0 Å². The average Bonchev–Trinajstić information content (AvgIpc) is 2.62. The van der Waals surface area contributed by atoms with Crippen LogP contribution in [0.4, 0.5) is 19.0 Å². The van der Waals surface area contributed by atoms with Gasteiger partial charge in [0, 0.05) is 36.5 Å². The lowest BCUT2D eigenvalue weighted by Crippen LogP contribution is -2.16. The molecule has 0 radical (unpaired) electrons. The highest BCUT2D eigenvalue weighted by Gasteiger charge is 2.30. The van der Waals surface area contributed by atoms with Gasteiger partial charge in [-0.2, -0.15) is 0 Å². The predicted octanol–water partition coefficient (Wildman–Crippen LogP) is 4.09. The SMILES string of the molecule is FC(F)(F)Oc1ccc(-c2cc(NCCc3ccccn3)ncn2)cc1. The summed E-state index contributed by atoms with van der Waals surface area (Å²) in [5.74, 6) is 0.352. The van der Waals surface area contributed by atoms with E-state index in [0.717, 1.165) is 12.1 Å². The van der Waals surface area contributed by atoms with Gasteiger partial charge in [-0.3, -0.25) is 4.98 Å². The first kappa shape index (κ1) is 17.7. The molecule has 134 valence electrons. The maximum Gasteiger partial charge on any atom is 0.573 e. The zero-order chi connectivity index (χ0) is 18.4. The zero-order valence-corrected chi connectivity index (χ0v) is 13.6. The number of benzene rings is 1. The van der Waals surface area contributed by atoms with E-state index in [1.807, 2.05) is 18.2 Å². The number of nitrogens with zero attached hydrogens (tertiary/aromatic N) is 3. The van der Waals surface area contributed by atoms with Crippen LogP contribution < -0.4 is 10.1 Å². The van der Waals surface area contributed by atoms with Crippen molar-refractivity contribution in [3.63, 3.8) is 0 Å². The van der Waals surface area contributed by atoms with Crippen LogP contribution in [0, 0.1) is 0 Å². The fourth-order valence-electron chi connectivity index (χ4n) is 2.30. The first-order chi connectivity index (χ1) is 12.5. The largest absolute Gasteiger partial charge is 0.573 e. The Morgan fingerprint density at radius 3 is 2.46 bits per heavy atom. The quantitative estimate of drug-likeness (QED) is 0.717. The molecule has 0 saturated heterocycles. The molecule has 2 heterocycles. The second kappa shape index (κ2) is 7.81. The smallest absolute Gasteiger partial charge is 0.406 e. The normalized spacial score (nSPS) is 11.2. The standard InChI is InChI=1S/C18H15F3N4O/c19-18(20,21)26-15-6-4-13(5-7-15)16-11-17(25-12-24-16)23-10-8-14-3-1-2-9-22-14/h1-7,9,11-12H,8,10H2,(H,23,24,25). The van der Waals surface area contributed by atoms with Crippen LogP contribution in [0.25, 0.3) is 11.3 Å². The van der Waals surface area contributed by atoms with Crippen molar-refractivity contribution < 1.29 is 17.9 Å². The summed E-state index contributed by atoms with van der Waals surface area (Å²) in [6.07, 6.45) is -0.826.